The van der Waals surface area contributed by atoms with Gasteiger partial charge in [-0.3, -0.25) is 9.59 Å². The highest BCUT2D eigenvalue weighted by atomic mass is 16.5. The number of rotatable bonds is 6. The molecule has 0 saturated carbocycles. The smallest absolute Gasteiger partial charge is 0.325 e. The van der Waals surface area contributed by atoms with Gasteiger partial charge in [0.1, 0.15) is 18.1 Å². The summed E-state index contributed by atoms with van der Waals surface area (Å²) < 4.78 is 14.9. The lowest BCUT2D eigenvalue weighted by Crippen LogP contribution is -2.38. The predicted octanol–water partition coefficient (Wildman–Crippen LogP) is 1.16. The Hall–Kier alpha value is -1.82. The molecule has 1 rings (SSSR count). The number of nitrogens with zero attached hydrogens (tertiary/aromatic N) is 1. The van der Waals surface area contributed by atoms with Gasteiger partial charge in [-0.25, -0.2) is 0 Å². The van der Waals surface area contributed by atoms with Crippen LogP contribution < -0.4 is 0 Å². The second kappa shape index (κ2) is 6.94. The molecule has 0 spiro atoms. The van der Waals surface area contributed by atoms with Gasteiger partial charge in [-0.1, -0.05) is 0 Å². The molecule has 0 unspecified atom stereocenters. The van der Waals surface area contributed by atoms with E-state index < -0.39 is 5.97 Å². The van der Waals surface area contributed by atoms with Crippen molar-refractivity contribution in [2.75, 3.05) is 33.9 Å². The zero-order valence-electron chi connectivity index (χ0n) is 11.7. The summed E-state index contributed by atoms with van der Waals surface area (Å²) in [6.45, 7) is 4.03. The van der Waals surface area contributed by atoms with Gasteiger partial charge in [0.2, 0.25) is 0 Å². The molecule has 0 N–H and O–H groups in total. The van der Waals surface area contributed by atoms with Crippen molar-refractivity contribution in [2.24, 2.45) is 0 Å². The molecule has 0 fully saturated rings. The molecular formula is C13H19NO5. The molecule has 0 aromatic carbocycles. The largest absolute Gasteiger partial charge is 0.468 e. The van der Waals surface area contributed by atoms with Crippen molar-refractivity contribution in [3.63, 3.8) is 0 Å². The third-order valence-electron chi connectivity index (χ3n) is 2.67. The van der Waals surface area contributed by atoms with Crippen molar-refractivity contribution >= 4 is 11.9 Å². The number of hydrogen-bond acceptors (Lipinski definition) is 5. The average molecular weight is 269 g/mol. The van der Waals surface area contributed by atoms with Gasteiger partial charge in [0.15, 0.2) is 0 Å². The number of carbonyl (C=O) groups is 2. The molecule has 1 aromatic heterocycles. The first-order valence-electron chi connectivity index (χ1n) is 5.91. The van der Waals surface area contributed by atoms with Crippen LogP contribution in [0.25, 0.3) is 0 Å². The molecule has 0 aliphatic carbocycles. The van der Waals surface area contributed by atoms with Crippen molar-refractivity contribution in [2.45, 2.75) is 13.8 Å². The van der Waals surface area contributed by atoms with Crippen molar-refractivity contribution in [3.8, 4) is 0 Å². The molecule has 19 heavy (non-hydrogen) atoms. The molecule has 0 aliphatic rings. The quantitative estimate of drug-likeness (QED) is 0.725. The Bertz CT molecular complexity index is 452. The van der Waals surface area contributed by atoms with E-state index in [2.05, 4.69) is 4.74 Å². The minimum absolute atomic E-state index is 0.109. The third-order valence-corrected chi connectivity index (χ3v) is 2.67. The summed E-state index contributed by atoms with van der Waals surface area (Å²) in [6, 6.07) is 1.66. The van der Waals surface area contributed by atoms with Crippen LogP contribution in [-0.2, 0) is 14.3 Å². The van der Waals surface area contributed by atoms with E-state index in [4.69, 9.17) is 9.15 Å². The average Bonchev–Trinajstić information content (AvgIpc) is 2.72. The van der Waals surface area contributed by atoms with Crippen molar-refractivity contribution in [1.82, 2.24) is 4.90 Å². The Labute approximate surface area is 112 Å². The lowest BCUT2D eigenvalue weighted by atomic mass is 10.2. The Morgan fingerprint density at radius 1 is 1.32 bits per heavy atom. The number of aryl methyl sites for hydroxylation is 2. The summed E-state index contributed by atoms with van der Waals surface area (Å²) in [7, 11) is 2.82. The topological polar surface area (TPSA) is 69.0 Å². The van der Waals surface area contributed by atoms with Crippen LogP contribution in [0.4, 0.5) is 0 Å². The lowest BCUT2D eigenvalue weighted by molar-refractivity contribution is -0.141. The van der Waals surface area contributed by atoms with Gasteiger partial charge in [-0.05, 0) is 19.9 Å². The van der Waals surface area contributed by atoms with Crippen LogP contribution in [-0.4, -0.2) is 50.7 Å². The lowest BCUT2D eigenvalue weighted by Gasteiger charge is -2.20. The molecule has 1 aromatic rings. The molecule has 0 bridgehead atoms. The summed E-state index contributed by atoms with van der Waals surface area (Å²) in [5, 5.41) is 0. The van der Waals surface area contributed by atoms with Crippen LogP contribution in [0.1, 0.15) is 21.9 Å². The van der Waals surface area contributed by atoms with Gasteiger partial charge >= 0.3 is 5.97 Å². The molecule has 6 nitrogen and oxygen atoms in total. The standard InChI is InChI=1S/C13H19NO5/c1-9-7-11(10(2)19-9)13(16)14(5-6-17-3)8-12(15)18-4/h7H,5-6,8H2,1-4H3. The highest BCUT2D eigenvalue weighted by Gasteiger charge is 2.22. The van der Waals surface area contributed by atoms with Crippen LogP contribution >= 0.6 is 0 Å². The van der Waals surface area contributed by atoms with Crippen molar-refractivity contribution in [3.05, 3.63) is 23.2 Å². The normalized spacial score (nSPS) is 10.3. The molecule has 6 heteroatoms. The van der Waals surface area contributed by atoms with E-state index in [0.29, 0.717) is 30.2 Å². The summed E-state index contributed by atoms with van der Waals surface area (Å²) in [5.74, 6) is 0.458. The highest BCUT2D eigenvalue weighted by Crippen LogP contribution is 2.16. The van der Waals surface area contributed by atoms with Gasteiger partial charge in [0.25, 0.3) is 5.91 Å². The fraction of sp³-hybridized carbons (Fsp3) is 0.538. The van der Waals surface area contributed by atoms with E-state index in [0.717, 1.165) is 0 Å². The fourth-order valence-corrected chi connectivity index (χ4v) is 1.69. The van der Waals surface area contributed by atoms with Crippen molar-refractivity contribution in [1.29, 1.82) is 0 Å². The molecule has 0 aliphatic heterocycles. The summed E-state index contributed by atoms with van der Waals surface area (Å²) >= 11 is 0. The first-order valence-corrected chi connectivity index (χ1v) is 5.91. The monoisotopic (exact) mass is 269 g/mol. The first kappa shape index (κ1) is 15.2. The molecular weight excluding hydrogens is 250 g/mol. The SMILES string of the molecule is COCCN(CC(=O)OC)C(=O)c1cc(C)oc1C. The number of esters is 1. The summed E-state index contributed by atoms with van der Waals surface area (Å²) in [5.41, 5.74) is 0.456. The molecule has 1 heterocycles. The zero-order valence-corrected chi connectivity index (χ0v) is 11.7. The van der Waals surface area contributed by atoms with E-state index in [9.17, 15) is 9.59 Å². The van der Waals surface area contributed by atoms with Crippen LogP contribution in [0.2, 0.25) is 0 Å². The fourth-order valence-electron chi connectivity index (χ4n) is 1.69. The summed E-state index contributed by atoms with van der Waals surface area (Å²) in [6.07, 6.45) is 0. The van der Waals surface area contributed by atoms with E-state index in [1.807, 2.05) is 0 Å². The maximum absolute atomic E-state index is 12.3. The second-order valence-corrected chi connectivity index (χ2v) is 4.12. The Kier molecular flexibility index (Phi) is 5.57. The molecule has 0 saturated heterocycles. The Morgan fingerprint density at radius 3 is 2.47 bits per heavy atom. The number of amides is 1. The number of methoxy groups -OCH3 is 2. The second-order valence-electron chi connectivity index (χ2n) is 4.12. The number of carbonyl (C=O) groups excluding carboxylic acids is 2. The van der Waals surface area contributed by atoms with Crippen molar-refractivity contribution < 1.29 is 23.5 Å². The Morgan fingerprint density at radius 2 is 2.00 bits per heavy atom. The molecule has 106 valence electrons. The van der Waals surface area contributed by atoms with E-state index >= 15 is 0 Å². The van der Waals surface area contributed by atoms with Crippen LogP contribution in [0, 0.1) is 13.8 Å². The number of ether oxygens (including phenoxy) is 2. The minimum atomic E-state index is -0.470. The van der Waals surface area contributed by atoms with Gasteiger partial charge in [0, 0.05) is 13.7 Å². The van der Waals surface area contributed by atoms with Gasteiger partial charge in [0.05, 0.1) is 19.3 Å². The van der Waals surface area contributed by atoms with Crippen LogP contribution in [0.5, 0.6) is 0 Å². The maximum Gasteiger partial charge on any atom is 0.325 e. The van der Waals surface area contributed by atoms with E-state index in [-0.39, 0.29) is 12.5 Å². The van der Waals surface area contributed by atoms with Crippen LogP contribution in [0.3, 0.4) is 0 Å². The number of hydrogen-bond donors (Lipinski definition) is 0. The third kappa shape index (κ3) is 4.10. The van der Waals surface area contributed by atoms with Gasteiger partial charge < -0.3 is 18.8 Å². The van der Waals surface area contributed by atoms with Gasteiger partial charge in [-0.2, -0.15) is 0 Å². The molecule has 0 radical (unpaired) electrons. The van der Waals surface area contributed by atoms with E-state index in [1.54, 1.807) is 19.9 Å². The molecule has 1 amide bonds. The van der Waals surface area contributed by atoms with Crippen LogP contribution in [0.15, 0.2) is 10.5 Å². The van der Waals surface area contributed by atoms with E-state index in [1.165, 1.54) is 19.1 Å². The maximum atomic E-state index is 12.3. The van der Waals surface area contributed by atoms with Gasteiger partial charge in [-0.15, -0.1) is 0 Å². The summed E-state index contributed by atoms with van der Waals surface area (Å²) in [4.78, 5) is 25.1. The number of furan rings is 1. The minimum Gasteiger partial charge on any atom is -0.468 e. The molecule has 0 atom stereocenters. The Balaban J connectivity index is 2.86. The predicted molar refractivity (Wildman–Crippen MR) is 68.0 cm³/mol. The zero-order chi connectivity index (χ0) is 14.4. The highest BCUT2D eigenvalue weighted by molar-refractivity contribution is 5.96. The first-order chi connectivity index (χ1) is 8.99.